The van der Waals surface area contributed by atoms with Crippen LogP contribution in [0.15, 0.2) is 0 Å². The van der Waals surface area contributed by atoms with Crippen LogP contribution < -0.4 is 0 Å². The number of hydrogen-bond donors (Lipinski definition) is 0. The Morgan fingerprint density at radius 3 is 1.93 bits per heavy atom. The Kier molecular flexibility index (Phi) is 11.8. The molecule has 0 aromatic carbocycles. The van der Waals surface area contributed by atoms with Crippen LogP contribution in [0.4, 0.5) is 0 Å². The molecule has 6 heteroatoms. The van der Waals surface area contributed by atoms with E-state index in [2.05, 4.69) is 6.92 Å². The fourth-order valence-corrected chi connectivity index (χ4v) is 3.51. The third-order valence-corrected chi connectivity index (χ3v) is 4.25. The van der Waals surface area contributed by atoms with E-state index < -0.39 is 8.80 Å². The van der Waals surface area contributed by atoms with Gasteiger partial charge in [-0.25, -0.2) is 0 Å². The molecular weight excluding hydrogens is 223 g/mol. The van der Waals surface area contributed by atoms with Crippen LogP contribution in [0.5, 0.6) is 0 Å². The van der Waals surface area contributed by atoms with E-state index in [1.54, 1.807) is 0 Å². The van der Waals surface area contributed by atoms with E-state index in [1.807, 2.05) is 20.4 Å². The Morgan fingerprint density at radius 1 is 1.13 bits per heavy atom. The SMILES string of the molecule is CCCC(=S)O[Si](C)(OCC)OCC.[Li]. The Hall–Kier alpha value is 0.624. The zero-order valence-electron chi connectivity index (χ0n) is 10.5. The molecule has 0 bridgehead atoms. The topological polar surface area (TPSA) is 27.7 Å². The van der Waals surface area contributed by atoms with Crippen LogP contribution in [0.25, 0.3) is 0 Å². The molecule has 0 aliphatic rings. The molecule has 15 heavy (non-hydrogen) atoms. The van der Waals surface area contributed by atoms with Gasteiger partial charge in [-0.1, -0.05) is 6.92 Å². The van der Waals surface area contributed by atoms with Gasteiger partial charge in [0.15, 0.2) is 0 Å². The molecule has 0 aliphatic heterocycles. The normalized spacial score (nSPS) is 10.7. The van der Waals surface area contributed by atoms with Crippen molar-refractivity contribution in [3.63, 3.8) is 0 Å². The van der Waals surface area contributed by atoms with Crippen molar-refractivity contribution in [3.8, 4) is 0 Å². The minimum atomic E-state index is -2.49. The summed E-state index contributed by atoms with van der Waals surface area (Å²) in [6.07, 6.45) is 1.78. The van der Waals surface area contributed by atoms with Gasteiger partial charge < -0.3 is 13.3 Å². The maximum atomic E-state index is 5.59. The molecular formula is C9H20LiO3SSi. The summed E-state index contributed by atoms with van der Waals surface area (Å²) in [5.74, 6) is 0. The molecule has 0 aromatic heterocycles. The van der Waals surface area contributed by atoms with Crippen LogP contribution in [0.3, 0.4) is 0 Å². The third-order valence-electron chi connectivity index (χ3n) is 1.57. The van der Waals surface area contributed by atoms with Gasteiger partial charge in [-0.15, -0.1) is 0 Å². The minimum absolute atomic E-state index is 0. The first-order valence-electron chi connectivity index (χ1n) is 5.07. The monoisotopic (exact) mass is 243 g/mol. The Balaban J connectivity index is 0. The van der Waals surface area contributed by atoms with Gasteiger partial charge in [-0.3, -0.25) is 0 Å². The molecule has 0 atom stereocenters. The average molecular weight is 243 g/mol. The number of thiocarbonyl (C=S) groups is 1. The maximum Gasteiger partial charge on any atom is 0.563 e. The van der Waals surface area contributed by atoms with E-state index in [9.17, 15) is 0 Å². The van der Waals surface area contributed by atoms with Crippen LogP contribution >= 0.6 is 12.2 Å². The summed E-state index contributed by atoms with van der Waals surface area (Å²) in [6, 6.07) is 0. The first-order chi connectivity index (χ1) is 6.58. The molecule has 0 rings (SSSR count). The summed E-state index contributed by atoms with van der Waals surface area (Å²) in [7, 11) is -2.49. The summed E-state index contributed by atoms with van der Waals surface area (Å²) in [6.45, 7) is 8.99. The smallest absolute Gasteiger partial charge is 0.495 e. The van der Waals surface area contributed by atoms with E-state index in [0.717, 1.165) is 12.8 Å². The molecule has 0 fully saturated rings. The van der Waals surface area contributed by atoms with Crippen molar-refractivity contribution in [3.05, 3.63) is 0 Å². The second kappa shape index (κ2) is 9.82. The molecule has 0 spiro atoms. The second-order valence-electron chi connectivity index (χ2n) is 2.95. The van der Waals surface area contributed by atoms with Gasteiger partial charge in [0.2, 0.25) is 0 Å². The summed E-state index contributed by atoms with van der Waals surface area (Å²) in [5.41, 5.74) is 0. The first-order valence-corrected chi connectivity index (χ1v) is 7.71. The van der Waals surface area contributed by atoms with E-state index in [4.69, 9.17) is 25.5 Å². The summed E-state index contributed by atoms with van der Waals surface area (Å²) >= 11 is 5.08. The van der Waals surface area contributed by atoms with Crippen molar-refractivity contribution in [2.24, 2.45) is 0 Å². The molecule has 0 saturated carbocycles. The first kappa shape index (κ1) is 18.0. The molecule has 0 aliphatic carbocycles. The van der Waals surface area contributed by atoms with Gasteiger partial charge in [0, 0.05) is 45.0 Å². The number of rotatable bonds is 7. The Labute approximate surface area is 111 Å². The Bertz CT molecular complexity index is 175. The molecule has 0 amide bonds. The average Bonchev–Trinajstić information content (AvgIpc) is 2.04. The van der Waals surface area contributed by atoms with Gasteiger partial charge >= 0.3 is 8.80 Å². The Morgan fingerprint density at radius 2 is 1.60 bits per heavy atom. The van der Waals surface area contributed by atoms with E-state index in [0.29, 0.717) is 18.3 Å². The molecule has 0 aromatic rings. The van der Waals surface area contributed by atoms with Crippen molar-refractivity contribution in [2.75, 3.05) is 13.2 Å². The van der Waals surface area contributed by atoms with Gasteiger partial charge in [-0.05, 0) is 32.5 Å². The predicted molar refractivity (Wildman–Crippen MR) is 69.2 cm³/mol. The molecule has 85 valence electrons. The molecule has 0 heterocycles. The van der Waals surface area contributed by atoms with Crippen LogP contribution in [0, 0.1) is 0 Å². The zero-order valence-corrected chi connectivity index (χ0v) is 12.3. The standard InChI is InChI=1S/C9H20O3SSi.Li/c1-5-8-9(13)12-14(4,10-6-2)11-7-3;/h5-8H2,1-4H3;. The van der Waals surface area contributed by atoms with Crippen molar-refractivity contribution < 1.29 is 13.3 Å². The van der Waals surface area contributed by atoms with Crippen molar-refractivity contribution >= 4 is 44.9 Å². The molecule has 0 unspecified atom stereocenters. The van der Waals surface area contributed by atoms with Crippen molar-refractivity contribution in [2.45, 2.75) is 40.2 Å². The maximum absolute atomic E-state index is 5.59. The van der Waals surface area contributed by atoms with Crippen LogP contribution in [-0.4, -0.2) is 45.9 Å². The molecule has 0 N–H and O–H groups in total. The third kappa shape index (κ3) is 8.43. The summed E-state index contributed by atoms with van der Waals surface area (Å²) < 4.78 is 16.6. The molecule has 1 radical (unpaired) electrons. The van der Waals surface area contributed by atoms with Gasteiger partial charge in [-0.2, -0.15) is 0 Å². The predicted octanol–water partition coefficient (Wildman–Crippen LogP) is 2.39. The van der Waals surface area contributed by atoms with Gasteiger partial charge in [0.1, 0.15) is 5.05 Å². The van der Waals surface area contributed by atoms with Crippen molar-refractivity contribution in [1.29, 1.82) is 0 Å². The van der Waals surface area contributed by atoms with Crippen molar-refractivity contribution in [1.82, 2.24) is 0 Å². The summed E-state index contributed by atoms with van der Waals surface area (Å²) in [5, 5.41) is 0.601. The fourth-order valence-electron chi connectivity index (χ4n) is 1.09. The van der Waals surface area contributed by atoms with Crippen LogP contribution in [-0.2, 0) is 13.3 Å². The quantitative estimate of drug-likeness (QED) is 0.507. The second-order valence-corrected chi connectivity index (χ2v) is 5.91. The van der Waals surface area contributed by atoms with Crippen LogP contribution in [0.2, 0.25) is 6.55 Å². The minimum Gasteiger partial charge on any atom is -0.495 e. The van der Waals surface area contributed by atoms with Gasteiger partial charge in [0.05, 0.1) is 0 Å². The fraction of sp³-hybridized carbons (Fsp3) is 0.889. The van der Waals surface area contributed by atoms with E-state index in [1.165, 1.54) is 0 Å². The summed E-state index contributed by atoms with van der Waals surface area (Å²) in [4.78, 5) is 0. The van der Waals surface area contributed by atoms with Gasteiger partial charge in [0.25, 0.3) is 0 Å². The van der Waals surface area contributed by atoms with Crippen LogP contribution in [0.1, 0.15) is 33.6 Å². The molecule has 0 saturated heterocycles. The largest absolute Gasteiger partial charge is 0.563 e. The number of hydrogen-bond acceptors (Lipinski definition) is 4. The zero-order chi connectivity index (χ0) is 11.0. The molecule has 3 nitrogen and oxygen atoms in total. The van der Waals surface area contributed by atoms with E-state index >= 15 is 0 Å². The van der Waals surface area contributed by atoms with E-state index in [-0.39, 0.29) is 18.9 Å².